The van der Waals surface area contributed by atoms with Gasteiger partial charge in [-0.15, -0.1) is 0 Å². The van der Waals surface area contributed by atoms with Gasteiger partial charge in [0.2, 0.25) is 5.89 Å². The quantitative estimate of drug-likeness (QED) is 0.913. The summed E-state index contributed by atoms with van der Waals surface area (Å²) < 4.78 is 7.01. The van der Waals surface area contributed by atoms with Crippen molar-refractivity contribution in [2.24, 2.45) is 12.8 Å². The lowest BCUT2D eigenvalue weighted by Gasteiger charge is -2.19. The van der Waals surface area contributed by atoms with Crippen molar-refractivity contribution in [3.63, 3.8) is 0 Å². The van der Waals surface area contributed by atoms with Gasteiger partial charge in [0.15, 0.2) is 5.82 Å². The molecule has 2 aromatic heterocycles. The average molecular weight is 307 g/mol. The first-order valence-electron chi connectivity index (χ1n) is 7.40. The van der Waals surface area contributed by atoms with E-state index in [1.165, 1.54) is 32.1 Å². The fourth-order valence-corrected chi connectivity index (χ4v) is 3.79. The Morgan fingerprint density at radius 3 is 2.95 bits per heavy atom. The lowest BCUT2D eigenvalue weighted by molar-refractivity contribution is 0.363. The smallest absolute Gasteiger partial charge is 0.248 e. The Morgan fingerprint density at radius 2 is 2.24 bits per heavy atom. The number of rotatable bonds is 5. The van der Waals surface area contributed by atoms with E-state index in [0.717, 1.165) is 22.4 Å². The van der Waals surface area contributed by atoms with E-state index in [4.69, 9.17) is 10.3 Å². The molecule has 0 spiro atoms. The topological polar surface area (TPSA) is 82.8 Å². The second-order valence-electron chi connectivity index (χ2n) is 5.54. The summed E-state index contributed by atoms with van der Waals surface area (Å²) in [4.78, 5) is 4.42. The molecule has 0 bridgehead atoms. The van der Waals surface area contributed by atoms with E-state index in [9.17, 15) is 0 Å². The largest absolute Gasteiger partial charge is 0.337 e. The SMILES string of the molecule is Cn1cc(C(N)c2nc(CSC3CCCCC3)no2)cn1. The molecule has 0 amide bonds. The molecule has 1 aliphatic rings. The highest BCUT2D eigenvalue weighted by atomic mass is 32.2. The third kappa shape index (κ3) is 3.65. The standard InChI is InChI=1S/C14H21N5OS/c1-19-8-10(7-16-19)13(15)14-17-12(18-20-14)9-21-11-5-3-2-4-6-11/h7-8,11,13H,2-6,9,15H2,1H3. The molecule has 1 fully saturated rings. The van der Waals surface area contributed by atoms with E-state index in [1.807, 2.05) is 25.0 Å². The molecule has 7 heteroatoms. The van der Waals surface area contributed by atoms with Crippen LogP contribution in [0.2, 0.25) is 0 Å². The molecule has 1 unspecified atom stereocenters. The molecule has 0 saturated heterocycles. The number of aryl methyl sites for hydroxylation is 1. The van der Waals surface area contributed by atoms with E-state index in [2.05, 4.69) is 15.2 Å². The van der Waals surface area contributed by atoms with Crippen LogP contribution in [0.4, 0.5) is 0 Å². The molecule has 2 heterocycles. The zero-order chi connectivity index (χ0) is 14.7. The molecule has 114 valence electrons. The molecule has 1 aliphatic carbocycles. The molecule has 6 nitrogen and oxygen atoms in total. The third-order valence-corrected chi connectivity index (χ3v) is 5.20. The lowest BCUT2D eigenvalue weighted by atomic mass is 10.0. The normalized spacial score (nSPS) is 18.0. The molecule has 1 atom stereocenters. The first-order valence-corrected chi connectivity index (χ1v) is 8.45. The Kier molecular flexibility index (Phi) is 4.60. The highest BCUT2D eigenvalue weighted by Crippen LogP contribution is 2.30. The van der Waals surface area contributed by atoms with Crippen LogP contribution in [0, 0.1) is 0 Å². The van der Waals surface area contributed by atoms with Crippen LogP contribution in [-0.2, 0) is 12.8 Å². The number of nitrogens with two attached hydrogens (primary N) is 1. The van der Waals surface area contributed by atoms with Crippen molar-refractivity contribution in [2.45, 2.75) is 49.1 Å². The Balaban J connectivity index is 1.57. The fraction of sp³-hybridized carbons (Fsp3) is 0.643. The van der Waals surface area contributed by atoms with Crippen LogP contribution >= 0.6 is 11.8 Å². The van der Waals surface area contributed by atoms with Gasteiger partial charge >= 0.3 is 0 Å². The molecule has 2 aromatic rings. The van der Waals surface area contributed by atoms with Crippen LogP contribution in [0.5, 0.6) is 0 Å². The van der Waals surface area contributed by atoms with Crippen molar-refractivity contribution in [1.29, 1.82) is 0 Å². The molecule has 21 heavy (non-hydrogen) atoms. The van der Waals surface area contributed by atoms with Crippen molar-refractivity contribution in [3.8, 4) is 0 Å². The van der Waals surface area contributed by atoms with Crippen LogP contribution in [-0.4, -0.2) is 25.2 Å². The first kappa shape index (κ1) is 14.6. The van der Waals surface area contributed by atoms with Gasteiger partial charge in [-0.3, -0.25) is 4.68 Å². The molecule has 0 aromatic carbocycles. The van der Waals surface area contributed by atoms with Crippen LogP contribution in [0.1, 0.15) is 55.4 Å². The van der Waals surface area contributed by atoms with Gasteiger partial charge in [-0.25, -0.2) is 0 Å². The predicted octanol–water partition coefficient (Wildman–Crippen LogP) is 2.42. The van der Waals surface area contributed by atoms with E-state index < -0.39 is 6.04 Å². The summed E-state index contributed by atoms with van der Waals surface area (Å²) in [5.41, 5.74) is 7.01. The van der Waals surface area contributed by atoms with Gasteiger partial charge in [-0.05, 0) is 12.8 Å². The van der Waals surface area contributed by atoms with Crippen molar-refractivity contribution < 1.29 is 4.52 Å². The Hall–Kier alpha value is -1.34. The van der Waals surface area contributed by atoms with Gasteiger partial charge < -0.3 is 10.3 Å². The second kappa shape index (κ2) is 6.62. The van der Waals surface area contributed by atoms with Crippen LogP contribution in [0.25, 0.3) is 0 Å². The van der Waals surface area contributed by atoms with Crippen LogP contribution < -0.4 is 5.73 Å². The average Bonchev–Trinajstić information content (AvgIpc) is 3.14. The maximum Gasteiger partial charge on any atom is 0.248 e. The molecule has 0 radical (unpaired) electrons. The molecule has 0 aliphatic heterocycles. The summed E-state index contributed by atoms with van der Waals surface area (Å²) in [7, 11) is 1.86. The Morgan fingerprint density at radius 1 is 1.43 bits per heavy atom. The van der Waals surface area contributed by atoms with Crippen LogP contribution in [0.3, 0.4) is 0 Å². The summed E-state index contributed by atoms with van der Waals surface area (Å²) in [6, 6.07) is -0.403. The molecule has 2 N–H and O–H groups in total. The molecular weight excluding hydrogens is 286 g/mol. The number of aromatic nitrogens is 4. The summed E-state index contributed by atoms with van der Waals surface area (Å²) in [5, 5.41) is 8.89. The molecule has 3 rings (SSSR count). The van der Waals surface area contributed by atoms with E-state index >= 15 is 0 Å². The van der Waals surface area contributed by atoms with Crippen molar-refractivity contribution in [3.05, 3.63) is 29.7 Å². The van der Waals surface area contributed by atoms with Crippen molar-refractivity contribution in [1.82, 2.24) is 19.9 Å². The van der Waals surface area contributed by atoms with Crippen molar-refractivity contribution in [2.75, 3.05) is 0 Å². The predicted molar refractivity (Wildman–Crippen MR) is 81.7 cm³/mol. The van der Waals surface area contributed by atoms with Crippen molar-refractivity contribution >= 4 is 11.8 Å². The van der Waals surface area contributed by atoms with Crippen LogP contribution in [0.15, 0.2) is 16.9 Å². The maximum atomic E-state index is 6.13. The number of nitrogens with zero attached hydrogens (tertiary/aromatic N) is 4. The highest BCUT2D eigenvalue weighted by Gasteiger charge is 2.19. The van der Waals surface area contributed by atoms with E-state index in [1.54, 1.807) is 10.9 Å². The monoisotopic (exact) mass is 307 g/mol. The van der Waals surface area contributed by atoms with Gasteiger partial charge in [0.05, 0.1) is 11.9 Å². The number of hydrogen-bond acceptors (Lipinski definition) is 6. The minimum Gasteiger partial charge on any atom is -0.337 e. The van der Waals surface area contributed by atoms with Gasteiger partial charge in [0.25, 0.3) is 0 Å². The zero-order valence-electron chi connectivity index (χ0n) is 12.2. The Bertz CT molecular complexity index is 575. The van der Waals surface area contributed by atoms with E-state index in [-0.39, 0.29) is 0 Å². The van der Waals surface area contributed by atoms with Gasteiger partial charge in [0.1, 0.15) is 6.04 Å². The summed E-state index contributed by atoms with van der Waals surface area (Å²) in [6.07, 6.45) is 10.3. The highest BCUT2D eigenvalue weighted by molar-refractivity contribution is 7.99. The minimum atomic E-state index is -0.403. The van der Waals surface area contributed by atoms with Gasteiger partial charge in [0, 0.05) is 24.1 Å². The van der Waals surface area contributed by atoms with Gasteiger partial charge in [-0.1, -0.05) is 24.4 Å². The van der Waals surface area contributed by atoms with Gasteiger partial charge in [-0.2, -0.15) is 21.8 Å². The molecule has 1 saturated carbocycles. The summed E-state index contributed by atoms with van der Waals surface area (Å²) in [6.45, 7) is 0. The minimum absolute atomic E-state index is 0.403. The zero-order valence-corrected chi connectivity index (χ0v) is 13.1. The lowest BCUT2D eigenvalue weighted by Crippen LogP contribution is -2.11. The maximum absolute atomic E-state index is 6.13. The summed E-state index contributed by atoms with van der Waals surface area (Å²) >= 11 is 1.93. The molecular formula is C14H21N5OS. The summed E-state index contributed by atoms with van der Waals surface area (Å²) in [5.74, 6) is 2.00. The van der Waals surface area contributed by atoms with E-state index in [0.29, 0.717) is 5.89 Å². The first-order chi connectivity index (χ1) is 10.2. The number of hydrogen-bond donors (Lipinski definition) is 1. The second-order valence-corrected chi connectivity index (χ2v) is 6.83. The third-order valence-electron chi connectivity index (χ3n) is 3.83. The Labute approximate surface area is 128 Å². The number of thioether (sulfide) groups is 1. The fourth-order valence-electron chi connectivity index (χ4n) is 2.62.